The summed E-state index contributed by atoms with van der Waals surface area (Å²) in [6.45, 7) is 0. The third-order valence-electron chi connectivity index (χ3n) is 5.35. The summed E-state index contributed by atoms with van der Waals surface area (Å²) < 4.78 is 2.24. The Morgan fingerprint density at radius 3 is 2.81 bits per heavy atom. The zero-order valence-corrected chi connectivity index (χ0v) is 16.5. The number of halogens is 1. The molecule has 0 aliphatic heterocycles. The number of aromatic nitrogens is 2. The lowest BCUT2D eigenvalue weighted by Gasteiger charge is -2.27. The molecule has 2 heterocycles. The van der Waals surface area contributed by atoms with Gasteiger partial charge in [0.15, 0.2) is 11.0 Å². The first-order valence-electron chi connectivity index (χ1n) is 9.32. The van der Waals surface area contributed by atoms with Gasteiger partial charge in [-0.3, -0.25) is 4.79 Å². The third kappa shape index (κ3) is 3.96. The lowest BCUT2D eigenvalue weighted by Crippen LogP contribution is -2.28. The van der Waals surface area contributed by atoms with Crippen LogP contribution >= 0.6 is 22.9 Å². The molecule has 1 saturated carbocycles. The first kappa shape index (κ1) is 18.3. The fraction of sp³-hybridized carbons (Fsp3) is 0.400. The standard InChI is InChI=1S/C20H22ClN3O2S/c21-17-11-22-20(27-17)23-18(25)16(10-13-6-2-1-3-7-13)24-12-14-8-4-5-9-15(14)19(24)26/h4-5,8-9,11-13,16,26H,1-3,6-7,10H2,(H,22,23,25)/t16-/m0/s1. The lowest BCUT2D eigenvalue weighted by atomic mass is 9.84. The van der Waals surface area contributed by atoms with E-state index in [9.17, 15) is 9.90 Å². The predicted octanol–water partition coefficient (Wildman–Crippen LogP) is 5.61. The van der Waals surface area contributed by atoms with Gasteiger partial charge in [0.1, 0.15) is 10.4 Å². The van der Waals surface area contributed by atoms with Crippen molar-refractivity contribution in [2.24, 2.45) is 5.92 Å². The molecule has 0 bridgehead atoms. The lowest BCUT2D eigenvalue weighted by molar-refractivity contribution is -0.120. The van der Waals surface area contributed by atoms with Gasteiger partial charge < -0.3 is 15.0 Å². The monoisotopic (exact) mass is 403 g/mol. The SMILES string of the molecule is O=C(Nc1ncc(Cl)s1)[C@H](CC1CCCCC1)n1cc2ccccc2c1O. The van der Waals surface area contributed by atoms with E-state index in [0.29, 0.717) is 21.8 Å². The van der Waals surface area contributed by atoms with Crippen molar-refractivity contribution in [1.82, 2.24) is 9.55 Å². The minimum absolute atomic E-state index is 0.138. The summed E-state index contributed by atoms with van der Waals surface area (Å²) in [7, 11) is 0. The van der Waals surface area contributed by atoms with Crippen LogP contribution in [0.3, 0.4) is 0 Å². The highest BCUT2D eigenvalue weighted by molar-refractivity contribution is 7.19. The van der Waals surface area contributed by atoms with Crippen LogP contribution in [0, 0.1) is 5.92 Å². The van der Waals surface area contributed by atoms with E-state index in [1.54, 1.807) is 4.57 Å². The molecule has 0 saturated heterocycles. The third-order valence-corrected chi connectivity index (χ3v) is 6.38. The van der Waals surface area contributed by atoms with Crippen molar-refractivity contribution in [3.8, 4) is 5.88 Å². The molecule has 5 nitrogen and oxygen atoms in total. The quantitative estimate of drug-likeness (QED) is 0.582. The van der Waals surface area contributed by atoms with Crippen LogP contribution in [-0.2, 0) is 4.79 Å². The van der Waals surface area contributed by atoms with Gasteiger partial charge in [-0.15, -0.1) is 0 Å². The van der Waals surface area contributed by atoms with E-state index in [0.717, 1.165) is 23.6 Å². The molecule has 3 aromatic rings. The highest BCUT2D eigenvalue weighted by atomic mass is 35.5. The number of amides is 1. The van der Waals surface area contributed by atoms with Crippen molar-refractivity contribution in [2.45, 2.75) is 44.6 Å². The second-order valence-corrected chi connectivity index (χ2v) is 8.82. The van der Waals surface area contributed by atoms with Gasteiger partial charge in [0, 0.05) is 17.0 Å². The Morgan fingerprint density at radius 2 is 2.11 bits per heavy atom. The summed E-state index contributed by atoms with van der Waals surface area (Å²) in [5.41, 5.74) is 0. The van der Waals surface area contributed by atoms with Crippen molar-refractivity contribution in [1.29, 1.82) is 0 Å². The first-order chi connectivity index (χ1) is 13.1. The number of carbonyl (C=O) groups excluding carboxylic acids is 1. The molecule has 142 valence electrons. The van der Waals surface area contributed by atoms with Crippen LogP contribution in [0.4, 0.5) is 5.13 Å². The van der Waals surface area contributed by atoms with Crippen LogP contribution < -0.4 is 5.32 Å². The number of hydrogen-bond donors (Lipinski definition) is 2. The van der Waals surface area contributed by atoms with E-state index in [-0.39, 0.29) is 11.8 Å². The number of nitrogens with one attached hydrogen (secondary N) is 1. The number of hydrogen-bond acceptors (Lipinski definition) is 4. The Morgan fingerprint density at radius 1 is 1.33 bits per heavy atom. The predicted molar refractivity (Wildman–Crippen MR) is 110 cm³/mol. The Bertz CT molecular complexity index is 946. The Labute approximate surface area is 167 Å². The van der Waals surface area contributed by atoms with Gasteiger partial charge in [0.05, 0.1) is 6.20 Å². The van der Waals surface area contributed by atoms with E-state index >= 15 is 0 Å². The van der Waals surface area contributed by atoms with Gasteiger partial charge in [-0.1, -0.05) is 73.2 Å². The highest BCUT2D eigenvalue weighted by Gasteiger charge is 2.28. The topological polar surface area (TPSA) is 67.2 Å². The summed E-state index contributed by atoms with van der Waals surface area (Å²) >= 11 is 7.17. The number of nitrogens with zero attached hydrogens (tertiary/aromatic N) is 2. The molecule has 1 aliphatic carbocycles. The van der Waals surface area contributed by atoms with E-state index in [4.69, 9.17) is 11.6 Å². The zero-order valence-electron chi connectivity index (χ0n) is 14.9. The van der Waals surface area contributed by atoms with Gasteiger partial charge >= 0.3 is 0 Å². The van der Waals surface area contributed by atoms with Crippen molar-refractivity contribution in [3.63, 3.8) is 0 Å². The van der Waals surface area contributed by atoms with Crippen molar-refractivity contribution < 1.29 is 9.90 Å². The van der Waals surface area contributed by atoms with Gasteiger partial charge in [-0.2, -0.15) is 0 Å². The van der Waals surface area contributed by atoms with Crippen molar-refractivity contribution >= 4 is 44.7 Å². The molecule has 1 fully saturated rings. The number of fused-ring (bicyclic) bond motifs is 1. The minimum Gasteiger partial charge on any atom is -0.494 e. The van der Waals surface area contributed by atoms with E-state index in [1.807, 2.05) is 30.5 Å². The highest BCUT2D eigenvalue weighted by Crippen LogP contribution is 2.36. The fourth-order valence-corrected chi connectivity index (χ4v) is 4.80. The van der Waals surface area contributed by atoms with Gasteiger partial charge in [0.25, 0.3) is 0 Å². The minimum atomic E-state index is -0.483. The first-order valence-corrected chi connectivity index (χ1v) is 10.5. The Balaban J connectivity index is 1.65. The molecule has 7 heteroatoms. The molecular formula is C20H22ClN3O2S. The van der Waals surface area contributed by atoms with Gasteiger partial charge in [-0.05, 0) is 18.4 Å². The molecule has 4 rings (SSSR count). The van der Waals surface area contributed by atoms with E-state index in [2.05, 4.69) is 10.3 Å². The molecule has 27 heavy (non-hydrogen) atoms. The molecule has 1 atom stereocenters. The van der Waals surface area contributed by atoms with Crippen LogP contribution in [-0.4, -0.2) is 20.6 Å². The summed E-state index contributed by atoms with van der Waals surface area (Å²) in [6, 6.07) is 7.15. The molecule has 1 aliphatic rings. The van der Waals surface area contributed by atoms with Crippen LogP contribution in [0.15, 0.2) is 36.7 Å². The Kier molecular flexibility index (Phi) is 5.36. The summed E-state index contributed by atoms with van der Waals surface area (Å²) in [6.07, 6.45) is 10.1. The average molecular weight is 404 g/mol. The van der Waals surface area contributed by atoms with Crippen LogP contribution in [0.25, 0.3) is 10.8 Å². The van der Waals surface area contributed by atoms with Gasteiger partial charge in [0.2, 0.25) is 5.91 Å². The molecule has 0 radical (unpaired) electrons. The molecule has 1 aromatic carbocycles. The summed E-state index contributed by atoms with van der Waals surface area (Å²) in [4.78, 5) is 17.2. The van der Waals surface area contributed by atoms with Crippen molar-refractivity contribution in [2.75, 3.05) is 5.32 Å². The molecule has 0 spiro atoms. The van der Waals surface area contributed by atoms with E-state index < -0.39 is 6.04 Å². The van der Waals surface area contributed by atoms with Crippen molar-refractivity contribution in [3.05, 3.63) is 41.0 Å². The largest absolute Gasteiger partial charge is 0.494 e. The maximum Gasteiger partial charge on any atom is 0.249 e. The van der Waals surface area contributed by atoms with Crippen LogP contribution in [0.2, 0.25) is 4.34 Å². The number of anilines is 1. The molecule has 2 N–H and O–H groups in total. The maximum atomic E-state index is 13.1. The van der Waals surface area contributed by atoms with E-state index in [1.165, 1.54) is 36.8 Å². The molecule has 1 amide bonds. The average Bonchev–Trinajstić information content (AvgIpc) is 3.24. The molecule has 0 unspecified atom stereocenters. The summed E-state index contributed by atoms with van der Waals surface area (Å²) in [5, 5.41) is 15.8. The fourth-order valence-electron chi connectivity index (χ4n) is 3.99. The smallest absolute Gasteiger partial charge is 0.249 e. The number of thiazole rings is 1. The Hall–Kier alpha value is -2.05. The maximum absolute atomic E-state index is 13.1. The summed E-state index contributed by atoms with van der Waals surface area (Å²) in [5.74, 6) is 0.459. The molecule has 2 aromatic heterocycles. The second kappa shape index (κ2) is 7.90. The van der Waals surface area contributed by atoms with Crippen LogP contribution in [0.1, 0.15) is 44.6 Å². The number of benzene rings is 1. The molecular weight excluding hydrogens is 382 g/mol. The van der Waals surface area contributed by atoms with Crippen LogP contribution in [0.5, 0.6) is 5.88 Å². The normalized spacial score (nSPS) is 16.5. The zero-order chi connectivity index (χ0) is 18.8. The van der Waals surface area contributed by atoms with Gasteiger partial charge in [-0.25, -0.2) is 4.98 Å². The second-order valence-electron chi connectivity index (χ2n) is 7.16. The number of carbonyl (C=O) groups is 1. The number of aromatic hydroxyl groups is 1. The number of rotatable bonds is 5.